The van der Waals surface area contributed by atoms with Crippen LogP contribution in [0.1, 0.15) is 122 Å². The molecule has 5 heteroatoms. The SMILES string of the molecule is CCCCCCCCCCOc1cc(CN=[N+]=[N-])cc(OCCCCCCCCCC)c1. The topological polar surface area (TPSA) is 67.2 Å². The molecule has 0 N–H and O–H groups in total. The maximum absolute atomic E-state index is 8.65. The summed E-state index contributed by atoms with van der Waals surface area (Å²) in [6.07, 6.45) is 20.6. The van der Waals surface area contributed by atoms with Crippen LogP contribution in [0.5, 0.6) is 11.5 Å². The molecule has 0 unspecified atom stereocenters. The molecule has 5 nitrogen and oxygen atoms in total. The van der Waals surface area contributed by atoms with Gasteiger partial charge in [0.05, 0.1) is 19.8 Å². The highest BCUT2D eigenvalue weighted by atomic mass is 16.5. The molecule has 0 amide bonds. The van der Waals surface area contributed by atoms with Crippen LogP contribution in [0.15, 0.2) is 23.3 Å². The second kappa shape index (κ2) is 21.0. The van der Waals surface area contributed by atoms with Crippen molar-refractivity contribution in [3.05, 3.63) is 34.2 Å². The van der Waals surface area contributed by atoms with Crippen molar-refractivity contribution in [2.45, 2.75) is 123 Å². The monoisotopic (exact) mass is 445 g/mol. The highest BCUT2D eigenvalue weighted by molar-refractivity contribution is 5.38. The molecule has 0 spiro atoms. The number of hydrogen-bond acceptors (Lipinski definition) is 3. The van der Waals surface area contributed by atoms with Crippen LogP contribution in [0.2, 0.25) is 0 Å². The van der Waals surface area contributed by atoms with Gasteiger partial charge < -0.3 is 9.47 Å². The molecule has 0 aromatic heterocycles. The summed E-state index contributed by atoms with van der Waals surface area (Å²) < 4.78 is 12.0. The lowest BCUT2D eigenvalue weighted by atomic mass is 10.1. The molecule has 0 aliphatic heterocycles. The molecule has 0 heterocycles. The van der Waals surface area contributed by atoms with Crippen LogP contribution in [0, 0.1) is 0 Å². The third-order valence-corrected chi connectivity index (χ3v) is 5.79. The van der Waals surface area contributed by atoms with E-state index >= 15 is 0 Å². The van der Waals surface area contributed by atoms with Gasteiger partial charge in [-0.3, -0.25) is 0 Å². The maximum atomic E-state index is 8.65. The standard InChI is InChI=1S/C27H47N3O2/c1-3-5-7-9-11-13-15-17-19-31-26-21-25(24-29-30-28)22-27(23-26)32-20-18-16-14-12-10-8-6-4-2/h21-23H,3-20,24H2,1-2H3. The van der Waals surface area contributed by atoms with Crippen LogP contribution >= 0.6 is 0 Å². The van der Waals surface area contributed by atoms with Crippen LogP contribution in [0.25, 0.3) is 10.4 Å². The first kappa shape index (κ1) is 28.2. The fraction of sp³-hybridized carbons (Fsp3) is 0.778. The number of nitrogens with zero attached hydrogens (tertiary/aromatic N) is 3. The van der Waals surface area contributed by atoms with Gasteiger partial charge >= 0.3 is 0 Å². The summed E-state index contributed by atoms with van der Waals surface area (Å²) in [5.74, 6) is 1.62. The molecule has 32 heavy (non-hydrogen) atoms. The van der Waals surface area contributed by atoms with Crippen LogP contribution in [-0.4, -0.2) is 13.2 Å². The lowest BCUT2D eigenvalue weighted by molar-refractivity contribution is 0.289. The molecule has 1 rings (SSSR count). The van der Waals surface area contributed by atoms with Crippen molar-refractivity contribution in [3.8, 4) is 11.5 Å². The second-order valence-corrected chi connectivity index (χ2v) is 8.85. The third kappa shape index (κ3) is 15.9. The quantitative estimate of drug-likeness (QED) is 0.0771. The van der Waals surface area contributed by atoms with Gasteiger partial charge in [0.1, 0.15) is 11.5 Å². The number of azide groups is 1. The van der Waals surface area contributed by atoms with Gasteiger partial charge in [0.15, 0.2) is 0 Å². The summed E-state index contributed by atoms with van der Waals surface area (Å²) in [5.41, 5.74) is 9.58. The molecule has 0 aliphatic carbocycles. The van der Waals surface area contributed by atoms with Crippen LogP contribution in [0.4, 0.5) is 0 Å². The minimum Gasteiger partial charge on any atom is -0.493 e. The third-order valence-electron chi connectivity index (χ3n) is 5.79. The zero-order valence-corrected chi connectivity index (χ0v) is 20.8. The molecule has 1 aromatic rings. The zero-order chi connectivity index (χ0) is 23.1. The van der Waals surface area contributed by atoms with Crippen molar-refractivity contribution in [1.82, 2.24) is 0 Å². The first-order valence-electron chi connectivity index (χ1n) is 13.2. The van der Waals surface area contributed by atoms with E-state index in [1.54, 1.807) is 0 Å². The first-order chi connectivity index (χ1) is 15.8. The molecule has 0 atom stereocenters. The van der Waals surface area contributed by atoms with Crippen molar-refractivity contribution in [3.63, 3.8) is 0 Å². The smallest absolute Gasteiger partial charge is 0.123 e. The van der Waals surface area contributed by atoms with Gasteiger partial charge in [-0.1, -0.05) is 109 Å². The molecule has 0 saturated heterocycles. The molecule has 0 bridgehead atoms. The Kier molecular flexibility index (Phi) is 18.5. The van der Waals surface area contributed by atoms with E-state index in [9.17, 15) is 0 Å². The van der Waals surface area contributed by atoms with Gasteiger partial charge in [0.25, 0.3) is 0 Å². The maximum Gasteiger partial charge on any atom is 0.123 e. The molecule has 0 saturated carbocycles. The first-order valence-corrected chi connectivity index (χ1v) is 13.2. The predicted molar refractivity (Wildman–Crippen MR) is 136 cm³/mol. The van der Waals surface area contributed by atoms with Gasteiger partial charge in [0, 0.05) is 11.0 Å². The molecular formula is C27H47N3O2. The fourth-order valence-corrected chi connectivity index (χ4v) is 3.85. The van der Waals surface area contributed by atoms with E-state index in [0.717, 1.165) is 43.1 Å². The van der Waals surface area contributed by atoms with Gasteiger partial charge in [-0.05, 0) is 36.1 Å². The summed E-state index contributed by atoms with van der Waals surface area (Å²) in [5, 5.41) is 3.70. The van der Waals surface area contributed by atoms with Crippen LogP contribution in [-0.2, 0) is 6.54 Å². The van der Waals surface area contributed by atoms with Crippen molar-refractivity contribution in [2.24, 2.45) is 5.11 Å². The molecule has 0 fully saturated rings. The summed E-state index contributed by atoms with van der Waals surface area (Å²) in [7, 11) is 0. The van der Waals surface area contributed by atoms with Gasteiger partial charge in [0.2, 0.25) is 0 Å². The molecule has 0 aliphatic rings. The fourth-order valence-electron chi connectivity index (χ4n) is 3.85. The Balaban J connectivity index is 2.31. The van der Waals surface area contributed by atoms with E-state index in [1.165, 1.54) is 89.9 Å². The summed E-state index contributed by atoms with van der Waals surface area (Å²) in [4.78, 5) is 2.88. The molecule has 0 radical (unpaired) electrons. The van der Waals surface area contributed by atoms with Crippen molar-refractivity contribution in [2.75, 3.05) is 13.2 Å². The van der Waals surface area contributed by atoms with Crippen molar-refractivity contribution >= 4 is 0 Å². The van der Waals surface area contributed by atoms with Gasteiger partial charge in [-0.25, -0.2) is 0 Å². The Morgan fingerprint density at radius 3 is 1.44 bits per heavy atom. The molecule has 182 valence electrons. The van der Waals surface area contributed by atoms with Crippen LogP contribution in [0.3, 0.4) is 0 Å². The Labute approximate surface area is 196 Å². The average Bonchev–Trinajstić information content (AvgIpc) is 2.80. The number of unbranched alkanes of at least 4 members (excludes halogenated alkanes) is 14. The minimum atomic E-state index is 0.319. The van der Waals surface area contributed by atoms with E-state index in [-0.39, 0.29) is 0 Å². The number of benzene rings is 1. The Hall–Kier alpha value is -1.87. The summed E-state index contributed by atoms with van der Waals surface area (Å²) >= 11 is 0. The predicted octanol–water partition coefficient (Wildman–Crippen LogP) is 9.54. The largest absolute Gasteiger partial charge is 0.493 e. The van der Waals surface area contributed by atoms with Crippen LogP contribution < -0.4 is 9.47 Å². The lowest BCUT2D eigenvalue weighted by Gasteiger charge is -2.12. The van der Waals surface area contributed by atoms with E-state index in [0.29, 0.717) is 6.54 Å². The Morgan fingerprint density at radius 2 is 1.03 bits per heavy atom. The van der Waals surface area contributed by atoms with Crippen molar-refractivity contribution in [1.29, 1.82) is 0 Å². The van der Waals surface area contributed by atoms with Gasteiger partial charge in [-0.2, -0.15) is 0 Å². The van der Waals surface area contributed by atoms with E-state index in [2.05, 4.69) is 23.9 Å². The summed E-state index contributed by atoms with van der Waals surface area (Å²) in [6, 6.07) is 5.89. The molecular weight excluding hydrogens is 398 g/mol. The lowest BCUT2D eigenvalue weighted by Crippen LogP contribution is -2.01. The van der Waals surface area contributed by atoms with E-state index in [1.807, 2.05) is 18.2 Å². The number of rotatable bonds is 22. The number of ether oxygens (including phenoxy) is 2. The highest BCUT2D eigenvalue weighted by Crippen LogP contribution is 2.24. The average molecular weight is 446 g/mol. The normalized spacial score (nSPS) is 10.7. The van der Waals surface area contributed by atoms with E-state index < -0.39 is 0 Å². The Bertz CT molecular complexity index is 575. The van der Waals surface area contributed by atoms with E-state index in [4.69, 9.17) is 15.0 Å². The second-order valence-electron chi connectivity index (χ2n) is 8.85. The zero-order valence-electron chi connectivity index (χ0n) is 20.8. The van der Waals surface area contributed by atoms with Crippen molar-refractivity contribution < 1.29 is 9.47 Å². The Morgan fingerprint density at radius 1 is 0.625 bits per heavy atom. The minimum absolute atomic E-state index is 0.319. The van der Waals surface area contributed by atoms with Gasteiger partial charge in [-0.15, -0.1) is 0 Å². The number of hydrogen-bond donors (Lipinski definition) is 0. The summed E-state index contributed by atoms with van der Waals surface area (Å²) in [6.45, 7) is 6.27. The molecule has 1 aromatic carbocycles. The highest BCUT2D eigenvalue weighted by Gasteiger charge is 2.04.